The zero-order chi connectivity index (χ0) is 22.9. The molecule has 5 rings (SSSR count). The van der Waals surface area contributed by atoms with E-state index in [-0.39, 0.29) is 11.9 Å². The molecule has 0 spiro atoms. The average Bonchev–Trinajstić information content (AvgIpc) is 3.26. The molecule has 0 aliphatic carbocycles. The van der Waals surface area contributed by atoms with E-state index in [1.165, 1.54) is 11.3 Å². The van der Waals surface area contributed by atoms with Crippen LogP contribution in [0.15, 0.2) is 42.7 Å². The number of anilines is 1. The fourth-order valence-corrected chi connectivity index (χ4v) is 5.28. The van der Waals surface area contributed by atoms with Crippen molar-refractivity contribution in [2.24, 2.45) is 0 Å². The van der Waals surface area contributed by atoms with E-state index in [0.29, 0.717) is 23.1 Å². The summed E-state index contributed by atoms with van der Waals surface area (Å²) in [4.78, 5) is 24.9. The van der Waals surface area contributed by atoms with Gasteiger partial charge in [-0.25, -0.2) is 4.98 Å². The molecule has 4 heterocycles. The fraction of sp³-hybridized carbons (Fsp3) is 0.292. The van der Waals surface area contributed by atoms with Crippen molar-refractivity contribution in [3.05, 3.63) is 64.0 Å². The number of carbonyl (C=O) groups is 1. The molecule has 1 amide bonds. The average molecular weight is 479 g/mol. The van der Waals surface area contributed by atoms with E-state index >= 15 is 0 Å². The molecule has 33 heavy (non-hydrogen) atoms. The molecule has 1 aliphatic rings. The summed E-state index contributed by atoms with van der Waals surface area (Å²) in [5.74, 6) is 0.476. The van der Waals surface area contributed by atoms with Crippen LogP contribution in [0.3, 0.4) is 0 Å². The van der Waals surface area contributed by atoms with Gasteiger partial charge in [-0.15, -0.1) is 10.2 Å². The van der Waals surface area contributed by atoms with E-state index in [9.17, 15) is 4.79 Å². The second-order valence-corrected chi connectivity index (χ2v) is 9.81. The van der Waals surface area contributed by atoms with Gasteiger partial charge in [0.05, 0.1) is 6.04 Å². The predicted molar refractivity (Wildman–Crippen MR) is 132 cm³/mol. The second kappa shape index (κ2) is 9.13. The van der Waals surface area contributed by atoms with Crippen LogP contribution in [-0.4, -0.2) is 45.2 Å². The number of hydrogen-bond donors (Lipinski definition) is 1. The van der Waals surface area contributed by atoms with Crippen LogP contribution >= 0.6 is 22.9 Å². The molecule has 7 nitrogen and oxygen atoms in total. The number of aryl methyl sites for hydroxylation is 2. The maximum absolute atomic E-state index is 13.9. The number of carbonyl (C=O) groups excluding carboxylic acids is 1. The van der Waals surface area contributed by atoms with Crippen LogP contribution < -0.4 is 10.2 Å². The fourth-order valence-electron chi connectivity index (χ4n) is 4.31. The van der Waals surface area contributed by atoms with Gasteiger partial charge in [0.1, 0.15) is 21.5 Å². The Kier molecular flexibility index (Phi) is 6.05. The van der Waals surface area contributed by atoms with E-state index in [1.54, 1.807) is 18.5 Å². The van der Waals surface area contributed by atoms with Crippen molar-refractivity contribution in [1.82, 2.24) is 25.5 Å². The lowest BCUT2D eigenvalue weighted by molar-refractivity contribution is 0.0967. The Labute approximate surface area is 200 Å². The third-order valence-corrected chi connectivity index (χ3v) is 6.95. The normalized spacial score (nSPS) is 16.2. The van der Waals surface area contributed by atoms with Crippen molar-refractivity contribution in [1.29, 1.82) is 0 Å². The highest BCUT2D eigenvalue weighted by molar-refractivity contribution is 7.14. The van der Waals surface area contributed by atoms with Crippen molar-refractivity contribution < 1.29 is 4.79 Å². The monoisotopic (exact) mass is 478 g/mol. The second-order valence-electron chi connectivity index (χ2n) is 8.19. The number of halogens is 1. The number of rotatable bonds is 4. The highest BCUT2D eigenvalue weighted by Gasteiger charge is 2.31. The smallest absolute Gasteiger partial charge is 0.278 e. The van der Waals surface area contributed by atoms with Gasteiger partial charge in [0, 0.05) is 34.9 Å². The summed E-state index contributed by atoms with van der Waals surface area (Å²) in [5, 5.41) is 15.9. The van der Waals surface area contributed by atoms with Crippen LogP contribution in [0.4, 0.5) is 5.82 Å². The SMILES string of the molecule is Cc1nnc(-c2ccc(C(=O)N(c3nccc4cc(Cl)cc(C)c34)[C@@H]3CCCNC3)nc2)s1. The molecule has 3 aromatic heterocycles. The van der Waals surface area contributed by atoms with E-state index < -0.39 is 0 Å². The minimum atomic E-state index is -0.168. The number of nitrogens with one attached hydrogen (secondary N) is 1. The van der Waals surface area contributed by atoms with Crippen LogP contribution in [0.2, 0.25) is 5.02 Å². The third kappa shape index (κ3) is 4.34. The number of fused-ring (bicyclic) bond motifs is 1. The van der Waals surface area contributed by atoms with E-state index in [2.05, 4.69) is 25.5 Å². The lowest BCUT2D eigenvalue weighted by Gasteiger charge is -2.34. The number of aromatic nitrogens is 4. The number of benzene rings is 1. The Morgan fingerprint density at radius 3 is 2.76 bits per heavy atom. The highest BCUT2D eigenvalue weighted by atomic mass is 35.5. The molecule has 1 fully saturated rings. The van der Waals surface area contributed by atoms with Gasteiger partial charge >= 0.3 is 0 Å². The molecule has 0 radical (unpaired) electrons. The van der Waals surface area contributed by atoms with Gasteiger partial charge in [0.15, 0.2) is 0 Å². The molecule has 1 saturated heterocycles. The van der Waals surface area contributed by atoms with Crippen LogP contribution in [0, 0.1) is 13.8 Å². The zero-order valence-corrected chi connectivity index (χ0v) is 20.0. The maximum atomic E-state index is 13.9. The summed E-state index contributed by atoms with van der Waals surface area (Å²) in [6, 6.07) is 9.36. The van der Waals surface area contributed by atoms with Crippen LogP contribution in [0.1, 0.15) is 33.9 Å². The first kappa shape index (κ1) is 21.9. The van der Waals surface area contributed by atoms with Gasteiger partial charge in [-0.1, -0.05) is 22.9 Å². The third-order valence-electron chi connectivity index (χ3n) is 5.84. The first-order valence-corrected chi connectivity index (χ1v) is 12.1. The van der Waals surface area contributed by atoms with Crippen molar-refractivity contribution in [3.63, 3.8) is 0 Å². The minimum absolute atomic E-state index is 0.0216. The van der Waals surface area contributed by atoms with Crippen molar-refractivity contribution in [2.45, 2.75) is 32.7 Å². The van der Waals surface area contributed by atoms with Gasteiger partial charge in [-0.3, -0.25) is 14.7 Å². The molecule has 1 aromatic carbocycles. The topological polar surface area (TPSA) is 83.9 Å². The Morgan fingerprint density at radius 2 is 2.06 bits per heavy atom. The van der Waals surface area contributed by atoms with E-state index in [1.807, 2.05) is 43.0 Å². The van der Waals surface area contributed by atoms with Crippen molar-refractivity contribution in [2.75, 3.05) is 18.0 Å². The number of amides is 1. The molecule has 0 unspecified atom stereocenters. The van der Waals surface area contributed by atoms with Gasteiger partial charge in [-0.05, 0) is 74.5 Å². The van der Waals surface area contributed by atoms with Crippen LogP contribution in [0.25, 0.3) is 21.3 Å². The number of nitrogens with zero attached hydrogens (tertiary/aromatic N) is 5. The van der Waals surface area contributed by atoms with Crippen molar-refractivity contribution in [3.8, 4) is 10.6 Å². The Morgan fingerprint density at radius 1 is 1.18 bits per heavy atom. The summed E-state index contributed by atoms with van der Waals surface area (Å²) < 4.78 is 0. The Balaban J connectivity index is 1.58. The van der Waals surface area contributed by atoms with Gasteiger partial charge in [-0.2, -0.15) is 0 Å². The first-order chi connectivity index (χ1) is 16.0. The summed E-state index contributed by atoms with van der Waals surface area (Å²) in [7, 11) is 0. The molecule has 0 saturated carbocycles. The van der Waals surface area contributed by atoms with Gasteiger partial charge in [0.25, 0.3) is 5.91 Å². The van der Waals surface area contributed by atoms with Gasteiger partial charge in [0.2, 0.25) is 0 Å². The largest absolute Gasteiger partial charge is 0.315 e. The van der Waals surface area contributed by atoms with Crippen molar-refractivity contribution >= 4 is 45.4 Å². The number of hydrogen-bond acceptors (Lipinski definition) is 7. The molecule has 168 valence electrons. The first-order valence-electron chi connectivity index (χ1n) is 10.9. The number of pyridine rings is 2. The van der Waals surface area contributed by atoms with Crippen LogP contribution in [0.5, 0.6) is 0 Å². The Hall–Kier alpha value is -2.94. The number of piperidine rings is 1. The summed E-state index contributed by atoms with van der Waals surface area (Å²) in [5.41, 5.74) is 2.20. The maximum Gasteiger partial charge on any atom is 0.278 e. The molecule has 0 bridgehead atoms. The molecule has 1 atom stereocenters. The quantitative estimate of drug-likeness (QED) is 0.453. The minimum Gasteiger partial charge on any atom is -0.315 e. The van der Waals surface area contributed by atoms with Crippen LogP contribution in [-0.2, 0) is 0 Å². The summed E-state index contributed by atoms with van der Waals surface area (Å²) in [6.45, 7) is 5.57. The molecule has 4 aromatic rings. The zero-order valence-electron chi connectivity index (χ0n) is 18.4. The summed E-state index contributed by atoms with van der Waals surface area (Å²) in [6.07, 6.45) is 5.31. The molecule has 1 aliphatic heterocycles. The molecule has 9 heteroatoms. The molecular formula is C24H23ClN6OS. The lowest BCUT2D eigenvalue weighted by Crippen LogP contribution is -2.49. The Bertz CT molecular complexity index is 1320. The van der Waals surface area contributed by atoms with E-state index in [0.717, 1.165) is 51.3 Å². The summed E-state index contributed by atoms with van der Waals surface area (Å²) >= 11 is 7.80. The lowest BCUT2D eigenvalue weighted by atomic mass is 10.0. The molecular weight excluding hydrogens is 456 g/mol. The van der Waals surface area contributed by atoms with E-state index in [4.69, 9.17) is 11.6 Å². The van der Waals surface area contributed by atoms with Gasteiger partial charge < -0.3 is 5.32 Å². The highest BCUT2D eigenvalue weighted by Crippen LogP contribution is 2.33. The standard InChI is InChI=1S/C24H23ClN6OS/c1-14-10-18(25)11-16-7-9-27-22(21(14)16)31(19-4-3-8-26-13-19)24(32)20-6-5-17(12-28-20)23-30-29-15(2)33-23/h5-7,9-12,19,26H,3-4,8,13H2,1-2H3/t19-/m1/s1. The predicted octanol–water partition coefficient (Wildman–Crippen LogP) is 4.82. The molecule has 1 N–H and O–H groups in total.